The van der Waals surface area contributed by atoms with E-state index in [1.807, 2.05) is 0 Å². The van der Waals surface area contributed by atoms with E-state index in [-0.39, 0.29) is 25.2 Å². The quantitative estimate of drug-likeness (QED) is 0.729. The molecule has 8 heteroatoms. The summed E-state index contributed by atoms with van der Waals surface area (Å²) in [6.45, 7) is 4.09. The highest BCUT2D eigenvalue weighted by atomic mass is 16.7. The predicted octanol–water partition coefficient (Wildman–Crippen LogP) is 0.861. The molecule has 3 N–H and O–H groups in total. The molecular weight excluding hydrogens is 274 g/mol. The zero-order valence-corrected chi connectivity index (χ0v) is 12.5. The molecule has 2 unspecified atom stereocenters. The molecule has 0 saturated carbocycles. The van der Waals surface area contributed by atoms with Crippen molar-refractivity contribution in [1.82, 2.24) is 19.5 Å². The maximum absolute atomic E-state index is 9.04. The van der Waals surface area contributed by atoms with Crippen LogP contribution in [0.4, 0.5) is 5.95 Å². The summed E-state index contributed by atoms with van der Waals surface area (Å²) in [5.74, 6) is 0.455. The van der Waals surface area contributed by atoms with Crippen LogP contribution in [0.1, 0.15) is 31.9 Å². The fraction of sp³-hybridized carbons (Fsp3) is 0.615. The molecule has 0 bridgehead atoms. The van der Waals surface area contributed by atoms with E-state index in [1.165, 1.54) is 7.11 Å². The molecule has 0 spiro atoms. The van der Waals surface area contributed by atoms with Crippen LogP contribution in [0, 0.1) is 0 Å². The standard InChI is InChI=1S/C13H21N5O3/c1-4-8(2)10-11-12(17-13(14)16-10)18(6-15-11)7-21-9(5-19)20-3/h6,8-9,19H,4-5,7H2,1-3H3,(H2,14,16,17). The molecule has 2 atom stereocenters. The van der Waals surface area contributed by atoms with E-state index in [4.69, 9.17) is 20.3 Å². The molecule has 21 heavy (non-hydrogen) atoms. The molecule has 0 aliphatic heterocycles. The number of aromatic nitrogens is 4. The maximum Gasteiger partial charge on any atom is 0.222 e. The Morgan fingerprint density at radius 3 is 2.81 bits per heavy atom. The Morgan fingerprint density at radius 1 is 1.43 bits per heavy atom. The lowest BCUT2D eigenvalue weighted by atomic mass is 10.0. The van der Waals surface area contributed by atoms with Crippen molar-refractivity contribution < 1.29 is 14.6 Å². The second-order valence-corrected chi connectivity index (χ2v) is 4.81. The van der Waals surface area contributed by atoms with Crippen molar-refractivity contribution >= 4 is 17.1 Å². The van der Waals surface area contributed by atoms with Gasteiger partial charge in [-0.05, 0) is 6.42 Å². The van der Waals surface area contributed by atoms with E-state index in [9.17, 15) is 0 Å². The van der Waals surface area contributed by atoms with Gasteiger partial charge in [-0.3, -0.25) is 4.57 Å². The maximum atomic E-state index is 9.04. The Morgan fingerprint density at radius 2 is 2.19 bits per heavy atom. The third-order valence-corrected chi connectivity index (χ3v) is 3.40. The van der Waals surface area contributed by atoms with Crippen LogP contribution in [0.15, 0.2) is 6.33 Å². The van der Waals surface area contributed by atoms with Crippen LogP contribution in [0.25, 0.3) is 11.2 Å². The lowest BCUT2D eigenvalue weighted by molar-refractivity contribution is -0.165. The second-order valence-electron chi connectivity index (χ2n) is 4.81. The number of nitrogens with zero attached hydrogens (tertiary/aromatic N) is 4. The highest BCUT2D eigenvalue weighted by molar-refractivity contribution is 5.75. The first kappa shape index (κ1) is 15.6. The first-order valence-corrected chi connectivity index (χ1v) is 6.84. The van der Waals surface area contributed by atoms with Crippen molar-refractivity contribution in [2.45, 2.75) is 39.2 Å². The van der Waals surface area contributed by atoms with Gasteiger partial charge in [0.15, 0.2) is 11.9 Å². The van der Waals surface area contributed by atoms with E-state index in [0.29, 0.717) is 5.65 Å². The molecule has 8 nitrogen and oxygen atoms in total. The third kappa shape index (κ3) is 3.29. The summed E-state index contributed by atoms with van der Waals surface area (Å²) >= 11 is 0. The van der Waals surface area contributed by atoms with E-state index >= 15 is 0 Å². The van der Waals surface area contributed by atoms with E-state index in [0.717, 1.165) is 17.6 Å². The van der Waals surface area contributed by atoms with Crippen molar-refractivity contribution in [3.63, 3.8) is 0 Å². The molecule has 2 aromatic heterocycles. The fourth-order valence-electron chi connectivity index (χ4n) is 1.97. The van der Waals surface area contributed by atoms with Gasteiger partial charge in [0.2, 0.25) is 5.95 Å². The summed E-state index contributed by atoms with van der Waals surface area (Å²) in [6.07, 6.45) is 1.87. The number of rotatable bonds is 7. The second kappa shape index (κ2) is 6.79. The van der Waals surface area contributed by atoms with Crippen molar-refractivity contribution in [2.75, 3.05) is 19.5 Å². The van der Waals surface area contributed by atoms with Crippen LogP contribution in [-0.4, -0.2) is 44.6 Å². The third-order valence-electron chi connectivity index (χ3n) is 3.40. The topological polar surface area (TPSA) is 108 Å². The Balaban J connectivity index is 2.32. The van der Waals surface area contributed by atoms with Gasteiger partial charge >= 0.3 is 0 Å². The van der Waals surface area contributed by atoms with Crippen LogP contribution >= 0.6 is 0 Å². The van der Waals surface area contributed by atoms with Gasteiger partial charge in [-0.2, -0.15) is 4.98 Å². The molecule has 2 heterocycles. The van der Waals surface area contributed by atoms with Gasteiger partial charge in [0.25, 0.3) is 0 Å². The van der Waals surface area contributed by atoms with Crippen LogP contribution in [0.3, 0.4) is 0 Å². The number of nitrogen functional groups attached to an aromatic ring is 1. The van der Waals surface area contributed by atoms with Gasteiger partial charge in [0.05, 0.1) is 18.6 Å². The molecule has 0 saturated heterocycles. The summed E-state index contributed by atoms with van der Waals surface area (Å²) < 4.78 is 12.1. The van der Waals surface area contributed by atoms with Gasteiger partial charge < -0.3 is 20.3 Å². The van der Waals surface area contributed by atoms with Crippen molar-refractivity contribution in [3.05, 3.63) is 12.0 Å². The van der Waals surface area contributed by atoms with Crippen LogP contribution in [0.2, 0.25) is 0 Å². The first-order chi connectivity index (χ1) is 10.1. The van der Waals surface area contributed by atoms with Crippen LogP contribution in [-0.2, 0) is 16.2 Å². The SMILES string of the molecule is CCC(C)c1nc(N)nc2c1ncn2COC(CO)OC. The van der Waals surface area contributed by atoms with Crippen LogP contribution < -0.4 is 5.73 Å². The summed E-state index contributed by atoms with van der Waals surface area (Å²) in [4.78, 5) is 12.9. The van der Waals surface area contributed by atoms with Crippen molar-refractivity contribution in [1.29, 1.82) is 0 Å². The van der Waals surface area contributed by atoms with Crippen molar-refractivity contribution in [3.8, 4) is 0 Å². The number of anilines is 1. The van der Waals surface area contributed by atoms with Gasteiger partial charge in [-0.25, -0.2) is 9.97 Å². The fourth-order valence-corrected chi connectivity index (χ4v) is 1.97. The molecule has 2 aromatic rings. The van der Waals surface area contributed by atoms with Gasteiger partial charge in [-0.1, -0.05) is 13.8 Å². The number of fused-ring (bicyclic) bond motifs is 1. The molecular formula is C13H21N5O3. The molecule has 0 fully saturated rings. The van der Waals surface area contributed by atoms with Crippen LogP contribution in [0.5, 0.6) is 0 Å². The molecule has 0 amide bonds. The zero-order valence-electron chi connectivity index (χ0n) is 12.5. The minimum atomic E-state index is -0.685. The number of aliphatic hydroxyl groups excluding tert-OH is 1. The normalized spacial score (nSPS) is 14.5. The van der Waals surface area contributed by atoms with E-state index in [2.05, 4.69) is 28.8 Å². The monoisotopic (exact) mass is 295 g/mol. The Bertz CT molecular complexity index is 597. The molecule has 2 rings (SSSR count). The lowest BCUT2D eigenvalue weighted by Gasteiger charge is -2.14. The molecule has 0 radical (unpaired) electrons. The number of ether oxygens (including phenoxy) is 2. The predicted molar refractivity (Wildman–Crippen MR) is 77.4 cm³/mol. The number of hydrogen-bond acceptors (Lipinski definition) is 7. The number of hydrogen-bond donors (Lipinski definition) is 2. The van der Waals surface area contributed by atoms with Crippen molar-refractivity contribution in [2.24, 2.45) is 0 Å². The largest absolute Gasteiger partial charge is 0.391 e. The van der Waals surface area contributed by atoms with E-state index in [1.54, 1.807) is 10.9 Å². The van der Waals surface area contributed by atoms with E-state index < -0.39 is 6.29 Å². The summed E-state index contributed by atoms with van der Waals surface area (Å²) in [6, 6.07) is 0. The molecule has 0 aliphatic rings. The zero-order chi connectivity index (χ0) is 15.4. The summed E-state index contributed by atoms with van der Waals surface area (Å²) in [5, 5.41) is 9.04. The molecule has 0 aromatic carbocycles. The van der Waals surface area contributed by atoms with Gasteiger partial charge in [0, 0.05) is 13.0 Å². The minimum absolute atomic E-state index is 0.159. The number of aliphatic hydroxyl groups is 1. The number of methoxy groups -OCH3 is 1. The highest BCUT2D eigenvalue weighted by Crippen LogP contribution is 2.24. The average Bonchev–Trinajstić information content (AvgIpc) is 2.89. The Labute approximate surface area is 122 Å². The lowest BCUT2D eigenvalue weighted by Crippen LogP contribution is -2.21. The Hall–Kier alpha value is -1.77. The average molecular weight is 295 g/mol. The number of imidazole rings is 1. The number of nitrogens with two attached hydrogens (primary N) is 1. The minimum Gasteiger partial charge on any atom is -0.391 e. The summed E-state index contributed by atoms with van der Waals surface area (Å²) in [7, 11) is 1.47. The highest BCUT2D eigenvalue weighted by Gasteiger charge is 2.17. The molecule has 0 aliphatic carbocycles. The van der Waals surface area contributed by atoms with Gasteiger partial charge in [-0.15, -0.1) is 0 Å². The van der Waals surface area contributed by atoms with Gasteiger partial charge in [0.1, 0.15) is 12.2 Å². The first-order valence-electron chi connectivity index (χ1n) is 6.84. The Kier molecular flexibility index (Phi) is 5.05. The molecule has 116 valence electrons. The summed E-state index contributed by atoms with van der Waals surface area (Å²) in [5.41, 5.74) is 7.96. The smallest absolute Gasteiger partial charge is 0.222 e.